The van der Waals surface area contributed by atoms with Gasteiger partial charge in [-0.3, -0.25) is 0 Å². The highest BCUT2D eigenvalue weighted by Crippen LogP contribution is 2.49. The van der Waals surface area contributed by atoms with E-state index < -0.39 is 0 Å². The molecule has 0 saturated heterocycles. The fraction of sp³-hybridized carbons (Fsp3) is 0. The van der Waals surface area contributed by atoms with Crippen LogP contribution in [0, 0.1) is 0 Å². The Kier molecular flexibility index (Phi) is 18.7. The van der Waals surface area contributed by atoms with E-state index >= 15 is 0 Å². The standard InChI is InChI=1S/2C63H40N6/c1-4-19-41(20-5-1)61-64-62(42-21-6-2-7-22-42)66-63(65-61)51-29-18-34-58(60(51)69-55-32-16-11-25-46(55)47-26-12-17-33-56(47)69)68-54-31-15-10-27-48(54)50-37-35-44(40-59(50)68)43-36-38-57-52(39-43)49-28-13-14-30-53(49)67(57)45-23-8-3-9-24-45;1-4-20-41(21-5-1)61-64-62(42-22-6-2-7-23-42)66-63(65-61)50-31-19-37-58(60(50)69-53-33-15-10-26-46(53)47-27-11-16-34-54(47)69)68-52-32-14-12-28-48(52)51-40-43(38-39-56(51)68)45-30-18-36-57-59(45)49-29-13-17-35-55(49)67(57)44-24-8-3-9-25-44/h2*1-40H. The Morgan fingerprint density at radius 1 is 0.130 bits per heavy atom. The molecule has 12 nitrogen and oxygen atoms in total. The Morgan fingerprint density at radius 2 is 0.384 bits per heavy atom. The van der Waals surface area contributed by atoms with Gasteiger partial charge in [0.2, 0.25) is 0 Å². The third kappa shape index (κ3) is 12.9. The van der Waals surface area contributed by atoms with Crippen LogP contribution in [0.5, 0.6) is 0 Å². The van der Waals surface area contributed by atoms with Gasteiger partial charge in [-0.1, -0.05) is 352 Å². The van der Waals surface area contributed by atoms with Gasteiger partial charge in [-0.05, 0) is 156 Å². The highest BCUT2D eigenvalue weighted by atomic mass is 15.1. The Hall–Kier alpha value is -18.8. The van der Waals surface area contributed by atoms with Crippen LogP contribution in [0.1, 0.15) is 0 Å². The second-order valence-electron chi connectivity index (χ2n) is 35.1. The van der Waals surface area contributed by atoms with Crippen molar-refractivity contribution >= 4 is 131 Å². The van der Waals surface area contributed by atoms with Crippen LogP contribution >= 0.6 is 0 Å². The van der Waals surface area contributed by atoms with Crippen molar-refractivity contribution in [1.29, 1.82) is 0 Å². The maximum absolute atomic E-state index is 5.35. The van der Waals surface area contributed by atoms with Crippen LogP contribution in [0.2, 0.25) is 0 Å². The van der Waals surface area contributed by atoms with Crippen molar-refractivity contribution in [1.82, 2.24) is 57.3 Å². The predicted octanol–water partition coefficient (Wildman–Crippen LogP) is 31.7. The zero-order chi connectivity index (χ0) is 90.8. The van der Waals surface area contributed by atoms with Crippen molar-refractivity contribution in [3.8, 4) is 125 Å². The van der Waals surface area contributed by atoms with Crippen LogP contribution < -0.4 is 0 Å². The van der Waals surface area contributed by atoms with Gasteiger partial charge in [0.05, 0.1) is 88.9 Å². The van der Waals surface area contributed by atoms with Crippen molar-refractivity contribution in [2.45, 2.75) is 0 Å². The van der Waals surface area contributed by atoms with Crippen LogP contribution in [0.4, 0.5) is 0 Å². The van der Waals surface area contributed by atoms with Gasteiger partial charge in [0.15, 0.2) is 34.9 Å². The normalized spacial score (nSPS) is 11.8. The maximum Gasteiger partial charge on any atom is 0.166 e. The van der Waals surface area contributed by atoms with Gasteiger partial charge in [0.1, 0.15) is 0 Å². The summed E-state index contributed by atoms with van der Waals surface area (Å²) in [6.07, 6.45) is 0. The molecular formula is C126H80N12. The van der Waals surface area contributed by atoms with E-state index in [0.717, 1.165) is 128 Å². The first-order valence-electron chi connectivity index (χ1n) is 46.7. The number of hydrogen-bond donors (Lipinski definition) is 0. The van der Waals surface area contributed by atoms with E-state index in [4.69, 9.17) is 29.9 Å². The highest BCUT2D eigenvalue weighted by molar-refractivity contribution is 6.20. The Bertz CT molecular complexity index is 9490. The maximum atomic E-state index is 5.35. The van der Waals surface area contributed by atoms with Crippen molar-refractivity contribution in [3.05, 3.63) is 485 Å². The molecule has 0 N–H and O–H groups in total. The van der Waals surface area contributed by atoms with Crippen molar-refractivity contribution in [2.24, 2.45) is 0 Å². The molecular weight excluding hydrogens is 1680 g/mol. The molecule has 0 amide bonds. The summed E-state index contributed by atoms with van der Waals surface area (Å²) in [5, 5.41) is 14.3. The summed E-state index contributed by atoms with van der Waals surface area (Å²) in [6.45, 7) is 0. The van der Waals surface area contributed by atoms with E-state index in [9.17, 15) is 0 Å². The summed E-state index contributed by atoms with van der Waals surface area (Å²) >= 11 is 0. The summed E-state index contributed by atoms with van der Waals surface area (Å²) in [7, 11) is 0. The number of nitrogens with zero attached hydrogens (tertiary/aromatic N) is 12. The lowest BCUT2D eigenvalue weighted by Gasteiger charge is -2.20. The fourth-order valence-corrected chi connectivity index (χ4v) is 21.4. The van der Waals surface area contributed by atoms with Crippen LogP contribution in [0.3, 0.4) is 0 Å². The molecule has 8 heterocycles. The van der Waals surface area contributed by atoms with Gasteiger partial charge in [-0.2, -0.15) is 0 Å². The molecule has 0 fully saturated rings. The van der Waals surface area contributed by atoms with Crippen molar-refractivity contribution < 1.29 is 0 Å². The molecule has 12 heteroatoms. The van der Waals surface area contributed by atoms with E-state index in [-0.39, 0.29) is 0 Å². The summed E-state index contributed by atoms with van der Waals surface area (Å²) in [4.78, 5) is 31.6. The highest BCUT2D eigenvalue weighted by Gasteiger charge is 2.30. The molecule has 0 radical (unpaired) electrons. The molecule has 0 aliphatic heterocycles. The first-order valence-corrected chi connectivity index (χ1v) is 46.7. The quantitative estimate of drug-likeness (QED) is 0.107. The van der Waals surface area contributed by atoms with Gasteiger partial charge >= 0.3 is 0 Å². The summed E-state index contributed by atoms with van der Waals surface area (Å²) in [6, 6.07) is 173. The number of hydrogen-bond acceptors (Lipinski definition) is 6. The lowest BCUT2D eigenvalue weighted by Crippen LogP contribution is -2.08. The number of benzene rings is 20. The Labute approximate surface area is 792 Å². The molecule has 28 rings (SSSR count). The third-order valence-electron chi connectivity index (χ3n) is 27.4. The van der Waals surface area contributed by atoms with E-state index in [1.807, 2.05) is 72.8 Å². The molecule has 28 aromatic rings. The first-order chi connectivity index (χ1) is 68.5. The molecule has 0 saturated carbocycles. The van der Waals surface area contributed by atoms with Gasteiger partial charge in [0, 0.05) is 109 Å². The summed E-state index contributed by atoms with van der Waals surface area (Å²) in [5.74, 6) is 3.64. The minimum Gasteiger partial charge on any atom is -0.309 e. The average molecular weight is 1760 g/mol. The van der Waals surface area contributed by atoms with Crippen LogP contribution in [0.25, 0.3) is 256 Å². The number of para-hydroxylation sites is 12. The Morgan fingerprint density at radius 3 is 0.790 bits per heavy atom. The van der Waals surface area contributed by atoms with Crippen molar-refractivity contribution in [2.75, 3.05) is 0 Å². The minimum atomic E-state index is 0.589. The molecule has 0 aliphatic carbocycles. The molecule has 0 aliphatic rings. The van der Waals surface area contributed by atoms with E-state index in [1.54, 1.807) is 0 Å². The summed E-state index contributed by atoms with van der Waals surface area (Å²) in [5.41, 5.74) is 29.9. The second-order valence-corrected chi connectivity index (χ2v) is 35.1. The molecule has 644 valence electrons. The molecule has 20 aromatic carbocycles. The Balaban J connectivity index is 0.000000139. The monoisotopic (exact) mass is 1760 g/mol. The number of fused-ring (bicyclic) bond motifs is 18. The largest absolute Gasteiger partial charge is 0.309 e. The van der Waals surface area contributed by atoms with Gasteiger partial charge < -0.3 is 27.4 Å². The third-order valence-corrected chi connectivity index (χ3v) is 27.4. The predicted molar refractivity (Wildman–Crippen MR) is 569 cm³/mol. The lowest BCUT2D eigenvalue weighted by atomic mass is 9.98. The van der Waals surface area contributed by atoms with Gasteiger partial charge in [-0.25, -0.2) is 29.9 Å². The zero-order valence-electron chi connectivity index (χ0n) is 74.6. The van der Waals surface area contributed by atoms with E-state index in [1.165, 1.54) is 92.3 Å². The molecule has 0 atom stereocenters. The summed E-state index contributed by atoms with van der Waals surface area (Å²) < 4.78 is 14.5. The number of aromatic nitrogens is 12. The first kappa shape index (κ1) is 79.0. The SMILES string of the molecule is c1ccc(-c2nc(-c3ccccc3)nc(-c3cccc(-n4c5ccccc5c5cc(-c6cccc7c6c6ccccc6n7-c6ccccc6)ccc54)c3-n3c4ccccc4c4ccccc43)n2)cc1.c1ccc(-c2nc(-c3ccccc3)nc(-c3cccc(-n4c5ccccc5c5ccc(-c6ccc7c(c6)c6ccccc6n7-c6ccccc6)cc54)c3-n3c4ccccc4c4ccccc43)n2)cc1. The zero-order valence-corrected chi connectivity index (χ0v) is 74.6. The molecule has 0 unspecified atom stereocenters. The topological polar surface area (TPSA) is 107 Å². The minimum absolute atomic E-state index is 0.589. The average Bonchev–Trinajstić information content (AvgIpc) is 1.54. The van der Waals surface area contributed by atoms with Gasteiger partial charge in [-0.15, -0.1) is 0 Å². The molecule has 0 bridgehead atoms. The van der Waals surface area contributed by atoms with Crippen LogP contribution in [0.15, 0.2) is 485 Å². The van der Waals surface area contributed by atoms with E-state index in [0.29, 0.717) is 34.9 Å². The smallest absolute Gasteiger partial charge is 0.166 e. The second kappa shape index (κ2) is 32.6. The van der Waals surface area contributed by atoms with Gasteiger partial charge in [0.25, 0.3) is 0 Å². The van der Waals surface area contributed by atoms with Crippen LogP contribution in [-0.4, -0.2) is 57.3 Å². The fourth-order valence-electron chi connectivity index (χ4n) is 21.4. The lowest BCUT2D eigenvalue weighted by molar-refractivity contribution is 1.05. The molecule has 138 heavy (non-hydrogen) atoms. The number of rotatable bonds is 14. The van der Waals surface area contributed by atoms with Crippen LogP contribution in [-0.2, 0) is 0 Å². The van der Waals surface area contributed by atoms with Crippen molar-refractivity contribution in [3.63, 3.8) is 0 Å². The van der Waals surface area contributed by atoms with E-state index in [2.05, 4.69) is 440 Å². The molecule has 0 spiro atoms. The molecule has 8 aromatic heterocycles.